The van der Waals surface area contributed by atoms with Gasteiger partial charge in [0, 0.05) is 39.8 Å². The Balaban J connectivity index is 4.98. The smallest absolute Gasteiger partial charge is 0.237 e. The fraction of sp³-hybridized carbons (Fsp3) is 0.939. The van der Waals surface area contributed by atoms with E-state index in [0.29, 0.717) is 104 Å². The van der Waals surface area contributed by atoms with Crippen LogP contribution in [0.15, 0.2) is 0 Å². The maximum atomic E-state index is 13.0. The van der Waals surface area contributed by atoms with Gasteiger partial charge in [-0.3, -0.25) is 9.59 Å². The summed E-state index contributed by atoms with van der Waals surface area (Å²) in [4.78, 5) is 28.2. The molecule has 10 atom stereocenters. The first-order valence-electron chi connectivity index (χ1n) is 18.6. The van der Waals surface area contributed by atoms with Gasteiger partial charge in [-0.1, -0.05) is 12.8 Å². The van der Waals surface area contributed by atoms with Crippen LogP contribution >= 0.6 is 0 Å². The number of rotatable bonds is 35. The number of nitrogens with one attached hydrogen (secondary N) is 4. The van der Waals surface area contributed by atoms with Gasteiger partial charge in [-0.15, -0.1) is 0 Å². The van der Waals surface area contributed by atoms with Crippen LogP contribution in [0.1, 0.15) is 51.4 Å². The molecule has 0 spiro atoms. The largest absolute Gasteiger partial charge is 0.394 e. The molecular formula is C33H71N7O13. The molecule has 0 aromatic rings. The molecule has 0 radical (unpaired) electrons. The fourth-order valence-electron chi connectivity index (χ4n) is 5.36. The van der Waals surface area contributed by atoms with E-state index < -0.39 is 74.1 Å². The summed E-state index contributed by atoms with van der Waals surface area (Å²) in [5.74, 6) is -0.636. The van der Waals surface area contributed by atoms with Crippen molar-refractivity contribution in [2.24, 2.45) is 11.5 Å². The summed E-state index contributed by atoms with van der Waals surface area (Å²) in [6.45, 7) is 1.75. The topological polar surface area (TPSA) is 349 Å². The van der Waals surface area contributed by atoms with E-state index in [1.807, 2.05) is 0 Å². The van der Waals surface area contributed by atoms with E-state index in [9.17, 15) is 50.4 Å². The Kier molecular flexibility index (Phi) is 30.5. The third-order valence-corrected chi connectivity index (χ3v) is 8.84. The fourth-order valence-corrected chi connectivity index (χ4v) is 5.36. The number of hydrogen-bond donors (Lipinski definition) is 16. The Morgan fingerprint density at radius 3 is 1.30 bits per heavy atom. The lowest BCUT2D eigenvalue weighted by Crippen LogP contribution is -2.52. The minimum Gasteiger partial charge on any atom is -0.394 e. The monoisotopic (exact) mass is 774 g/mol. The van der Waals surface area contributed by atoms with Crippen LogP contribution in [-0.4, -0.2) is 215 Å². The third-order valence-electron chi connectivity index (χ3n) is 8.84. The summed E-state index contributed by atoms with van der Waals surface area (Å²) in [5.41, 5.74) is 11.2. The Morgan fingerprint density at radius 1 is 0.585 bits per heavy atom. The minimum absolute atomic E-state index is 0.255. The zero-order chi connectivity index (χ0) is 40.2. The molecule has 0 bridgehead atoms. The molecule has 0 rings (SSSR count). The van der Waals surface area contributed by atoms with E-state index in [4.69, 9.17) is 26.4 Å². The maximum Gasteiger partial charge on any atom is 0.237 e. The number of aliphatic hydroxyl groups excluding tert-OH is 10. The van der Waals surface area contributed by atoms with Gasteiger partial charge in [-0.2, -0.15) is 0 Å². The van der Waals surface area contributed by atoms with Gasteiger partial charge >= 0.3 is 0 Å². The lowest BCUT2D eigenvalue weighted by molar-refractivity contribution is -0.125. The maximum absolute atomic E-state index is 13.0. The van der Waals surface area contributed by atoms with Gasteiger partial charge in [0.15, 0.2) is 0 Å². The molecule has 18 N–H and O–H groups in total. The molecular weight excluding hydrogens is 702 g/mol. The molecule has 20 heteroatoms. The molecule has 0 aromatic heterocycles. The van der Waals surface area contributed by atoms with Gasteiger partial charge in [-0.05, 0) is 64.7 Å². The Bertz CT molecular complexity index is 853. The number of amides is 2. The van der Waals surface area contributed by atoms with Crippen molar-refractivity contribution >= 4 is 11.8 Å². The molecule has 0 aliphatic rings. The third kappa shape index (κ3) is 22.4. The summed E-state index contributed by atoms with van der Waals surface area (Å²) in [6, 6.07) is -1.44. The Labute approximate surface area is 312 Å². The first-order valence-corrected chi connectivity index (χ1v) is 18.6. The van der Waals surface area contributed by atoms with Gasteiger partial charge < -0.3 is 93.4 Å². The predicted octanol–water partition coefficient (Wildman–Crippen LogP) is -7.01. The van der Waals surface area contributed by atoms with Gasteiger partial charge in [0.2, 0.25) is 11.8 Å². The number of nitrogens with two attached hydrogens (primary N) is 2. The zero-order valence-electron chi connectivity index (χ0n) is 31.2. The van der Waals surface area contributed by atoms with Crippen LogP contribution in [0.4, 0.5) is 0 Å². The van der Waals surface area contributed by atoms with Crippen molar-refractivity contribution in [3.8, 4) is 0 Å². The zero-order valence-corrected chi connectivity index (χ0v) is 31.2. The summed E-state index contributed by atoms with van der Waals surface area (Å²) in [7, 11) is 1.59. The number of aliphatic hydroxyl groups is 10. The standard InChI is InChI=1S/C33H71N7O13/c1-53-17-16-40(14-6-12-36-32(51)22(8-2-4-10-34)38-18-24(43)28(47)30(49)26(45)20-41)15-7-13-37-33(52)23(9-3-5-11-35)39-19-25(44)29(48)31(50)27(46)21-42/h22-31,38-39,41-50H,2-21,34-35H2,1H3,(H,36,51)(H,37,52)/t22-,23-,24-,25-,26+,27+,28+,29+,30+,31+/m0/s1. The highest BCUT2D eigenvalue weighted by atomic mass is 16.5. The summed E-state index contributed by atoms with van der Waals surface area (Å²) < 4.78 is 5.24. The van der Waals surface area contributed by atoms with Crippen molar-refractivity contribution in [2.75, 3.05) is 85.8 Å². The van der Waals surface area contributed by atoms with Crippen molar-refractivity contribution in [1.29, 1.82) is 0 Å². The van der Waals surface area contributed by atoms with E-state index in [1.165, 1.54) is 0 Å². The van der Waals surface area contributed by atoms with E-state index in [-0.39, 0.29) is 24.9 Å². The average Bonchev–Trinajstić information content (AvgIpc) is 3.16. The van der Waals surface area contributed by atoms with E-state index in [2.05, 4.69) is 26.2 Å². The molecule has 0 aliphatic heterocycles. The number of hydrogen-bond acceptors (Lipinski definition) is 18. The number of ether oxygens (including phenoxy) is 1. The van der Waals surface area contributed by atoms with Crippen molar-refractivity contribution in [3.05, 3.63) is 0 Å². The summed E-state index contributed by atoms with van der Waals surface area (Å²) in [5, 5.41) is 109. The molecule has 53 heavy (non-hydrogen) atoms. The molecule has 0 aromatic carbocycles. The van der Waals surface area contributed by atoms with Crippen LogP contribution in [0.5, 0.6) is 0 Å². The lowest BCUT2D eigenvalue weighted by atomic mass is 10.0. The van der Waals surface area contributed by atoms with Crippen LogP contribution in [0.2, 0.25) is 0 Å². The number of nitrogens with zero attached hydrogens (tertiary/aromatic N) is 1. The molecule has 316 valence electrons. The van der Waals surface area contributed by atoms with Crippen LogP contribution < -0.4 is 32.7 Å². The summed E-state index contributed by atoms with van der Waals surface area (Å²) in [6.07, 6.45) is -8.76. The van der Waals surface area contributed by atoms with Crippen LogP contribution in [-0.2, 0) is 14.3 Å². The molecule has 0 saturated carbocycles. The Hall–Kier alpha value is -1.70. The quantitative estimate of drug-likeness (QED) is 0.0266. The van der Waals surface area contributed by atoms with Crippen molar-refractivity contribution in [3.63, 3.8) is 0 Å². The molecule has 0 fully saturated rings. The van der Waals surface area contributed by atoms with Crippen molar-refractivity contribution < 1.29 is 65.4 Å². The first kappa shape index (κ1) is 51.3. The second-order valence-corrected chi connectivity index (χ2v) is 13.2. The van der Waals surface area contributed by atoms with Crippen molar-refractivity contribution in [1.82, 2.24) is 26.2 Å². The molecule has 0 aliphatic carbocycles. The number of unbranched alkanes of at least 4 members (excludes halogenated alkanes) is 2. The highest BCUT2D eigenvalue weighted by Crippen LogP contribution is 2.08. The van der Waals surface area contributed by atoms with E-state index in [1.54, 1.807) is 7.11 Å². The number of carbonyl (C=O) groups excluding carboxylic acids is 2. The molecule has 0 heterocycles. The van der Waals surface area contributed by atoms with Gasteiger partial charge in [0.25, 0.3) is 0 Å². The number of methoxy groups -OCH3 is 1. The minimum atomic E-state index is -1.78. The van der Waals surface area contributed by atoms with E-state index >= 15 is 0 Å². The highest BCUT2D eigenvalue weighted by molar-refractivity contribution is 5.82. The molecule has 0 unspecified atom stereocenters. The SMILES string of the molecule is COCCN(CCCNC(=O)[C@H](CCCCN)NC[C@H](O)[C@@H](O)[C@H](O)[C@H](O)CO)CCCNC(=O)[C@H](CCCCN)NC[C@H](O)[C@@H](O)[C@H](O)[C@H](O)CO. The first-order chi connectivity index (χ1) is 25.3. The average molecular weight is 774 g/mol. The molecule has 0 saturated heterocycles. The number of carbonyl (C=O) groups is 2. The normalized spacial score (nSPS) is 17.7. The van der Waals surface area contributed by atoms with Gasteiger partial charge in [-0.25, -0.2) is 0 Å². The van der Waals surface area contributed by atoms with E-state index in [0.717, 1.165) is 0 Å². The molecule has 2 amide bonds. The second-order valence-electron chi connectivity index (χ2n) is 13.2. The highest BCUT2D eigenvalue weighted by Gasteiger charge is 2.32. The summed E-state index contributed by atoms with van der Waals surface area (Å²) >= 11 is 0. The van der Waals surface area contributed by atoms with Crippen molar-refractivity contribution in [2.45, 2.75) is 112 Å². The van der Waals surface area contributed by atoms with Gasteiger partial charge in [0.05, 0.1) is 44.1 Å². The molecule has 20 nitrogen and oxygen atoms in total. The lowest BCUT2D eigenvalue weighted by Gasteiger charge is -2.27. The Morgan fingerprint density at radius 2 is 0.962 bits per heavy atom. The van der Waals surface area contributed by atoms with Crippen LogP contribution in [0.25, 0.3) is 0 Å². The predicted molar refractivity (Wildman–Crippen MR) is 195 cm³/mol. The van der Waals surface area contributed by atoms with Crippen LogP contribution in [0.3, 0.4) is 0 Å². The van der Waals surface area contributed by atoms with Gasteiger partial charge in [0.1, 0.15) is 36.6 Å². The van der Waals surface area contributed by atoms with Crippen LogP contribution in [0, 0.1) is 0 Å². The second kappa shape index (κ2) is 31.5.